The molecule has 0 unspecified atom stereocenters. The van der Waals surface area contributed by atoms with Crippen LogP contribution in [0.2, 0.25) is 0 Å². The standard InChI is InChI=1S/C16H19NO2/c1-3-5-12-13-8-16-15(18-10-19-16)7-11(13)9-17-14(12)6-4-2/h7-9H,3-6,10H2,1-2H3. The Morgan fingerprint density at radius 3 is 2.53 bits per heavy atom. The predicted octanol–water partition coefficient (Wildman–Crippen LogP) is 3.87. The zero-order valence-electron chi connectivity index (χ0n) is 11.5. The van der Waals surface area contributed by atoms with Crippen molar-refractivity contribution >= 4 is 10.8 Å². The van der Waals surface area contributed by atoms with Gasteiger partial charge in [-0.1, -0.05) is 26.7 Å². The summed E-state index contributed by atoms with van der Waals surface area (Å²) in [5, 5.41) is 2.41. The third-order valence-electron chi connectivity index (χ3n) is 3.56. The highest BCUT2D eigenvalue weighted by atomic mass is 16.7. The highest BCUT2D eigenvalue weighted by molar-refractivity contribution is 5.89. The minimum Gasteiger partial charge on any atom is -0.454 e. The predicted molar refractivity (Wildman–Crippen MR) is 75.9 cm³/mol. The molecule has 1 aromatic carbocycles. The van der Waals surface area contributed by atoms with E-state index in [-0.39, 0.29) is 0 Å². The van der Waals surface area contributed by atoms with Gasteiger partial charge in [0.25, 0.3) is 0 Å². The molecule has 0 saturated carbocycles. The highest BCUT2D eigenvalue weighted by Gasteiger charge is 2.17. The number of hydrogen-bond acceptors (Lipinski definition) is 3. The van der Waals surface area contributed by atoms with Gasteiger partial charge in [0.15, 0.2) is 11.5 Å². The number of pyridine rings is 1. The van der Waals surface area contributed by atoms with Crippen molar-refractivity contribution in [3.63, 3.8) is 0 Å². The van der Waals surface area contributed by atoms with Crippen LogP contribution in [0.1, 0.15) is 37.9 Å². The maximum absolute atomic E-state index is 5.50. The molecule has 0 spiro atoms. The van der Waals surface area contributed by atoms with E-state index in [0.717, 1.165) is 42.6 Å². The average Bonchev–Trinajstić information content (AvgIpc) is 2.87. The third kappa shape index (κ3) is 2.14. The topological polar surface area (TPSA) is 31.4 Å². The molecule has 0 fully saturated rings. The molecular formula is C16H19NO2. The summed E-state index contributed by atoms with van der Waals surface area (Å²) in [6, 6.07) is 4.16. The van der Waals surface area contributed by atoms with Gasteiger partial charge in [0.2, 0.25) is 6.79 Å². The second-order valence-corrected chi connectivity index (χ2v) is 4.98. The number of aryl methyl sites for hydroxylation is 2. The minimum atomic E-state index is 0.323. The lowest BCUT2D eigenvalue weighted by Crippen LogP contribution is -1.99. The molecule has 0 aliphatic carbocycles. The summed E-state index contributed by atoms with van der Waals surface area (Å²) in [4.78, 5) is 4.64. The van der Waals surface area contributed by atoms with Crippen LogP contribution in [0.4, 0.5) is 0 Å². The number of fused-ring (bicyclic) bond motifs is 2. The lowest BCUT2D eigenvalue weighted by Gasteiger charge is -2.11. The fraction of sp³-hybridized carbons (Fsp3) is 0.438. The van der Waals surface area contributed by atoms with Crippen molar-refractivity contribution in [3.05, 3.63) is 29.6 Å². The Morgan fingerprint density at radius 1 is 1.05 bits per heavy atom. The normalized spacial score (nSPS) is 13.2. The first-order chi connectivity index (χ1) is 9.33. The molecule has 19 heavy (non-hydrogen) atoms. The molecule has 1 aromatic heterocycles. The van der Waals surface area contributed by atoms with Crippen molar-refractivity contribution in [1.29, 1.82) is 0 Å². The monoisotopic (exact) mass is 257 g/mol. The van der Waals surface area contributed by atoms with Gasteiger partial charge in [-0.05, 0) is 35.9 Å². The molecule has 1 aliphatic heterocycles. The van der Waals surface area contributed by atoms with E-state index >= 15 is 0 Å². The van der Waals surface area contributed by atoms with Crippen LogP contribution < -0.4 is 9.47 Å². The summed E-state index contributed by atoms with van der Waals surface area (Å²) >= 11 is 0. The minimum absolute atomic E-state index is 0.323. The molecule has 0 amide bonds. The van der Waals surface area contributed by atoms with Crippen LogP contribution in [0.3, 0.4) is 0 Å². The molecule has 100 valence electrons. The van der Waals surface area contributed by atoms with Crippen LogP contribution >= 0.6 is 0 Å². The van der Waals surface area contributed by atoms with Gasteiger partial charge in [-0.2, -0.15) is 0 Å². The molecule has 0 N–H and O–H groups in total. The zero-order valence-corrected chi connectivity index (χ0v) is 11.5. The highest BCUT2D eigenvalue weighted by Crippen LogP contribution is 2.37. The Bertz CT molecular complexity index is 607. The van der Waals surface area contributed by atoms with Gasteiger partial charge in [-0.25, -0.2) is 0 Å². The van der Waals surface area contributed by atoms with E-state index in [1.807, 2.05) is 12.3 Å². The Balaban J connectivity index is 2.20. The van der Waals surface area contributed by atoms with Crippen LogP contribution in [0, 0.1) is 0 Å². The van der Waals surface area contributed by atoms with Gasteiger partial charge in [0, 0.05) is 17.3 Å². The molecule has 0 bridgehead atoms. The first-order valence-corrected chi connectivity index (χ1v) is 7.03. The second kappa shape index (κ2) is 5.08. The lowest BCUT2D eigenvalue weighted by atomic mass is 9.98. The average molecular weight is 257 g/mol. The Labute approximate surface area is 113 Å². The van der Waals surface area contributed by atoms with Gasteiger partial charge in [-0.15, -0.1) is 0 Å². The van der Waals surface area contributed by atoms with Crippen molar-refractivity contribution < 1.29 is 9.47 Å². The smallest absolute Gasteiger partial charge is 0.231 e. The van der Waals surface area contributed by atoms with Crippen LogP contribution in [0.25, 0.3) is 10.8 Å². The summed E-state index contributed by atoms with van der Waals surface area (Å²) in [6.07, 6.45) is 6.33. The molecule has 0 saturated heterocycles. The summed E-state index contributed by atoms with van der Waals surface area (Å²) in [5.41, 5.74) is 2.61. The van der Waals surface area contributed by atoms with Crippen LogP contribution in [-0.2, 0) is 12.8 Å². The first kappa shape index (κ1) is 12.3. The van der Waals surface area contributed by atoms with Crippen LogP contribution in [0.5, 0.6) is 11.5 Å². The number of rotatable bonds is 4. The van der Waals surface area contributed by atoms with E-state index in [0.29, 0.717) is 6.79 Å². The van der Waals surface area contributed by atoms with Crippen LogP contribution in [-0.4, -0.2) is 11.8 Å². The number of aromatic nitrogens is 1. The van der Waals surface area contributed by atoms with Gasteiger partial charge in [0.05, 0.1) is 0 Å². The molecule has 3 heteroatoms. The van der Waals surface area contributed by atoms with Crippen molar-refractivity contribution in [1.82, 2.24) is 4.98 Å². The summed E-state index contributed by atoms with van der Waals surface area (Å²) < 4.78 is 10.9. The Morgan fingerprint density at radius 2 is 1.79 bits per heavy atom. The van der Waals surface area contributed by atoms with Gasteiger partial charge < -0.3 is 9.47 Å². The van der Waals surface area contributed by atoms with E-state index < -0.39 is 0 Å². The van der Waals surface area contributed by atoms with E-state index in [9.17, 15) is 0 Å². The quantitative estimate of drug-likeness (QED) is 0.833. The van der Waals surface area contributed by atoms with Crippen molar-refractivity contribution in [2.45, 2.75) is 39.5 Å². The third-order valence-corrected chi connectivity index (χ3v) is 3.56. The number of benzene rings is 1. The van der Waals surface area contributed by atoms with Crippen molar-refractivity contribution in [2.24, 2.45) is 0 Å². The number of hydrogen-bond donors (Lipinski definition) is 0. The van der Waals surface area contributed by atoms with Crippen molar-refractivity contribution in [3.8, 4) is 11.5 Å². The number of nitrogens with zero attached hydrogens (tertiary/aromatic N) is 1. The first-order valence-electron chi connectivity index (χ1n) is 7.03. The molecule has 2 heterocycles. The summed E-state index contributed by atoms with van der Waals surface area (Å²) in [7, 11) is 0. The van der Waals surface area contributed by atoms with E-state index in [2.05, 4.69) is 24.9 Å². The lowest BCUT2D eigenvalue weighted by molar-refractivity contribution is 0.174. The Kier molecular flexibility index (Phi) is 3.28. The van der Waals surface area contributed by atoms with E-state index in [4.69, 9.17) is 9.47 Å². The summed E-state index contributed by atoms with van der Waals surface area (Å²) in [6.45, 7) is 4.73. The Hall–Kier alpha value is -1.77. The number of ether oxygens (including phenoxy) is 2. The van der Waals surface area contributed by atoms with E-state index in [1.54, 1.807) is 0 Å². The maximum atomic E-state index is 5.50. The molecule has 2 aromatic rings. The molecule has 3 rings (SSSR count). The fourth-order valence-corrected chi connectivity index (χ4v) is 2.69. The van der Waals surface area contributed by atoms with Gasteiger partial charge in [0.1, 0.15) is 0 Å². The molecule has 0 radical (unpaired) electrons. The SMILES string of the molecule is CCCc1ncc2cc3c(cc2c1CCC)OCO3. The van der Waals surface area contributed by atoms with Gasteiger partial charge in [-0.3, -0.25) is 4.98 Å². The van der Waals surface area contributed by atoms with Crippen molar-refractivity contribution in [2.75, 3.05) is 6.79 Å². The van der Waals surface area contributed by atoms with Gasteiger partial charge >= 0.3 is 0 Å². The molecule has 0 atom stereocenters. The molecule has 3 nitrogen and oxygen atoms in total. The van der Waals surface area contributed by atoms with E-state index in [1.165, 1.54) is 16.6 Å². The molecular weight excluding hydrogens is 238 g/mol. The van der Waals surface area contributed by atoms with Crippen LogP contribution in [0.15, 0.2) is 18.3 Å². The second-order valence-electron chi connectivity index (χ2n) is 4.98. The maximum Gasteiger partial charge on any atom is 0.231 e. The summed E-state index contributed by atoms with van der Waals surface area (Å²) in [5.74, 6) is 1.69. The largest absolute Gasteiger partial charge is 0.454 e. The fourth-order valence-electron chi connectivity index (χ4n) is 2.69. The molecule has 1 aliphatic rings. The zero-order chi connectivity index (χ0) is 13.2.